The predicted molar refractivity (Wildman–Crippen MR) is 109 cm³/mol. The molecule has 4 nitrogen and oxygen atoms in total. The Balaban J connectivity index is 1.29. The highest BCUT2D eigenvalue weighted by Crippen LogP contribution is 2.12. The summed E-state index contributed by atoms with van der Waals surface area (Å²) in [6.07, 6.45) is 14.8. The molecule has 0 atom stereocenters. The third kappa shape index (κ3) is 8.57. The average molecular weight is 351 g/mol. The second kappa shape index (κ2) is 12.7. The normalized spacial score (nSPS) is 20.0. The molecule has 2 saturated heterocycles. The average Bonchev–Trinajstić information content (AvgIpc) is 3.28. The van der Waals surface area contributed by atoms with E-state index in [0.29, 0.717) is 0 Å². The van der Waals surface area contributed by atoms with Gasteiger partial charge in [0.2, 0.25) is 0 Å². The fraction of sp³-hybridized carbons (Fsp3) is 0.905. The summed E-state index contributed by atoms with van der Waals surface area (Å²) in [6, 6.07) is 0. The second-order valence-electron chi connectivity index (χ2n) is 7.91. The summed E-state index contributed by atoms with van der Waals surface area (Å²) in [4.78, 5) is 10.0. The van der Waals surface area contributed by atoms with Crippen LogP contribution in [0, 0.1) is 0 Å². The van der Waals surface area contributed by atoms with Crippen molar-refractivity contribution in [2.45, 2.75) is 64.7 Å². The zero-order valence-electron chi connectivity index (χ0n) is 16.8. The van der Waals surface area contributed by atoms with Gasteiger partial charge in [-0.05, 0) is 38.7 Å². The van der Waals surface area contributed by atoms with Gasteiger partial charge in [0.1, 0.15) is 0 Å². The molecule has 0 N–H and O–H groups in total. The summed E-state index contributed by atoms with van der Waals surface area (Å²) in [5.41, 5.74) is 0. The molecule has 0 aliphatic carbocycles. The monoisotopic (exact) mass is 350 g/mol. The van der Waals surface area contributed by atoms with Crippen LogP contribution in [0.25, 0.3) is 0 Å². The van der Waals surface area contributed by atoms with E-state index in [1.807, 2.05) is 6.20 Å². The fourth-order valence-electron chi connectivity index (χ4n) is 4.06. The van der Waals surface area contributed by atoms with Crippen molar-refractivity contribution in [1.29, 1.82) is 0 Å². The standard InChI is InChI=1S/C21H42N4/c1-3-22-16-18-24(20-22)14-12-10-8-6-5-7-9-11-13-15-25-19-17-23(4-2)21-25/h3H,1,4-21H2,2H3. The highest BCUT2D eigenvalue weighted by Gasteiger charge is 2.17. The van der Waals surface area contributed by atoms with E-state index in [-0.39, 0.29) is 0 Å². The number of hydrogen-bond acceptors (Lipinski definition) is 4. The van der Waals surface area contributed by atoms with Gasteiger partial charge in [0.15, 0.2) is 0 Å². The van der Waals surface area contributed by atoms with Crippen LogP contribution in [0.15, 0.2) is 12.8 Å². The molecule has 0 amide bonds. The molecule has 4 heteroatoms. The topological polar surface area (TPSA) is 13.0 Å². The largest absolute Gasteiger partial charge is 0.364 e. The lowest BCUT2D eigenvalue weighted by atomic mass is 10.1. The van der Waals surface area contributed by atoms with Crippen molar-refractivity contribution in [2.75, 3.05) is 59.2 Å². The van der Waals surface area contributed by atoms with Gasteiger partial charge < -0.3 is 4.90 Å². The zero-order valence-corrected chi connectivity index (χ0v) is 16.8. The molecule has 0 aromatic carbocycles. The molecular weight excluding hydrogens is 308 g/mol. The van der Waals surface area contributed by atoms with E-state index in [1.54, 1.807) is 0 Å². The fourth-order valence-corrected chi connectivity index (χ4v) is 4.06. The molecule has 0 bridgehead atoms. The van der Waals surface area contributed by atoms with Crippen LogP contribution in [-0.4, -0.2) is 78.8 Å². The number of rotatable bonds is 14. The molecule has 25 heavy (non-hydrogen) atoms. The Hall–Kier alpha value is -0.580. The highest BCUT2D eigenvalue weighted by atomic mass is 15.4. The summed E-state index contributed by atoms with van der Waals surface area (Å²) < 4.78 is 0. The molecule has 2 aliphatic rings. The van der Waals surface area contributed by atoms with Crippen LogP contribution in [-0.2, 0) is 0 Å². The number of likely N-dealkylation sites (N-methyl/N-ethyl adjacent to an activating group) is 1. The molecule has 0 saturated carbocycles. The van der Waals surface area contributed by atoms with Crippen molar-refractivity contribution in [2.24, 2.45) is 0 Å². The van der Waals surface area contributed by atoms with Crippen LogP contribution < -0.4 is 0 Å². The Morgan fingerprint density at radius 2 is 1.12 bits per heavy atom. The molecule has 0 radical (unpaired) electrons. The molecule has 0 aromatic rings. The van der Waals surface area contributed by atoms with Crippen molar-refractivity contribution in [3.63, 3.8) is 0 Å². The van der Waals surface area contributed by atoms with E-state index >= 15 is 0 Å². The maximum absolute atomic E-state index is 3.86. The minimum atomic E-state index is 1.09. The van der Waals surface area contributed by atoms with Gasteiger partial charge in [-0.15, -0.1) is 0 Å². The van der Waals surface area contributed by atoms with Gasteiger partial charge >= 0.3 is 0 Å². The molecule has 0 unspecified atom stereocenters. The maximum atomic E-state index is 3.86. The van der Waals surface area contributed by atoms with Crippen molar-refractivity contribution in [3.05, 3.63) is 12.8 Å². The van der Waals surface area contributed by atoms with Crippen LogP contribution in [0.5, 0.6) is 0 Å². The Kier molecular flexibility index (Phi) is 10.5. The second-order valence-corrected chi connectivity index (χ2v) is 7.91. The Labute approximate surface area is 156 Å². The van der Waals surface area contributed by atoms with E-state index in [9.17, 15) is 0 Å². The van der Waals surface area contributed by atoms with Gasteiger partial charge in [0, 0.05) is 26.2 Å². The van der Waals surface area contributed by atoms with Gasteiger partial charge in [-0.25, -0.2) is 0 Å². The van der Waals surface area contributed by atoms with Crippen molar-refractivity contribution in [3.8, 4) is 0 Å². The summed E-state index contributed by atoms with van der Waals surface area (Å²) in [6.45, 7) is 17.2. The van der Waals surface area contributed by atoms with Crippen LogP contribution >= 0.6 is 0 Å². The van der Waals surface area contributed by atoms with E-state index in [2.05, 4.69) is 33.1 Å². The van der Waals surface area contributed by atoms with Crippen LogP contribution in [0.1, 0.15) is 64.7 Å². The molecule has 2 aliphatic heterocycles. The van der Waals surface area contributed by atoms with Crippen molar-refractivity contribution >= 4 is 0 Å². The Morgan fingerprint density at radius 3 is 1.60 bits per heavy atom. The van der Waals surface area contributed by atoms with Gasteiger partial charge in [-0.3, -0.25) is 14.7 Å². The molecule has 146 valence electrons. The Bertz CT molecular complexity index is 347. The number of unbranched alkanes of at least 4 members (excludes halogenated alkanes) is 8. The lowest BCUT2D eigenvalue weighted by Gasteiger charge is -2.16. The molecule has 2 heterocycles. The predicted octanol–water partition coefficient (Wildman–Crippen LogP) is 3.81. The first-order valence-electron chi connectivity index (χ1n) is 10.9. The Morgan fingerprint density at radius 1 is 0.640 bits per heavy atom. The van der Waals surface area contributed by atoms with Crippen LogP contribution in [0.3, 0.4) is 0 Å². The summed E-state index contributed by atoms with van der Waals surface area (Å²) in [7, 11) is 0. The van der Waals surface area contributed by atoms with Gasteiger partial charge in [-0.1, -0.05) is 58.4 Å². The van der Waals surface area contributed by atoms with E-state index in [4.69, 9.17) is 0 Å². The summed E-state index contributed by atoms with van der Waals surface area (Å²) in [5, 5.41) is 0. The van der Waals surface area contributed by atoms with Crippen LogP contribution in [0.4, 0.5) is 0 Å². The van der Waals surface area contributed by atoms with Gasteiger partial charge in [0.05, 0.1) is 13.3 Å². The minimum Gasteiger partial charge on any atom is -0.364 e. The van der Waals surface area contributed by atoms with Crippen LogP contribution in [0.2, 0.25) is 0 Å². The van der Waals surface area contributed by atoms with Crippen molar-refractivity contribution < 1.29 is 0 Å². The molecule has 0 spiro atoms. The first-order chi connectivity index (χ1) is 12.3. The smallest absolute Gasteiger partial charge is 0.0702 e. The maximum Gasteiger partial charge on any atom is 0.0702 e. The first-order valence-corrected chi connectivity index (χ1v) is 10.9. The van der Waals surface area contributed by atoms with Gasteiger partial charge in [-0.2, -0.15) is 0 Å². The highest BCUT2D eigenvalue weighted by molar-refractivity contribution is 4.78. The molecular formula is C21H42N4. The summed E-state index contributed by atoms with van der Waals surface area (Å²) >= 11 is 0. The minimum absolute atomic E-state index is 1.09. The third-order valence-corrected chi connectivity index (χ3v) is 5.87. The number of hydrogen-bond donors (Lipinski definition) is 0. The third-order valence-electron chi connectivity index (χ3n) is 5.87. The van der Waals surface area contributed by atoms with Crippen molar-refractivity contribution in [1.82, 2.24) is 19.6 Å². The van der Waals surface area contributed by atoms with Gasteiger partial charge in [0.25, 0.3) is 0 Å². The zero-order chi connectivity index (χ0) is 17.7. The lowest BCUT2D eigenvalue weighted by Crippen LogP contribution is -2.26. The quantitative estimate of drug-likeness (QED) is 0.442. The van der Waals surface area contributed by atoms with E-state index < -0.39 is 0 Å². The summed E-state index contributed by atoms with van der Waals surface area (Å²) in [5.74, 6) is 0. The lowest BCUT2D eigenvalue weighted by molar-refractivity contribution is 0.249. The molecule has 2 fully saturated rings. The molecule has 2 rings (SSSR count). The first kappa shape index (κ1) is 20.7. The SMILES string of the molecule is C=CN1CCN(CCCCCCCCCCCN2CCN(CC)C2)C1. The molecule has 0 aromatic heterocycles. The number of nitrogens with zero attached hydrogens (tertiary/aromatic N) is 4. The van der Waals surface area contributed by atoms with E-state index in [1.165, 1.54) is 104 Å². The van der Waals surface area contributed by atoms with E-state index in [0.717, 1.165) is 13.2 Å².